The van der Waals surface area contributed by atoms with Gasteiger partial charge in [0.25, 0.3) is 0 Å². The number of hydrogen-bond donors (Lipinski definition) is 1. The number of aromatic hydroxyl groups is 1. The quantitative estimate of drug-likeness (QED) is 0.634. The summed E-state index contributed by atoms with van der Waals surface area (Å²) in [5.74, 6) is -0.858. The third kappa shape index (κ3) is 4.12. The molecule has 0 radical (unpaired) electrons. The van der Waals surface area contributed by atoms with Gasteiger partial charge >= 0.3 is 0 Å². The van der Waals surface area contributed by atoms with Crippen molar-refractivity contribution in [2.24, 2.45) is 0 Å². The van der Waals surface area contributed by atoms with Gasteiger partial charge in [0.2, 0.25) is 5.91 Å². The van der Waals surface area contributed by atoms with Crippen LogP contribution in [-0.2, 0) is 11.3 Å². The van der Waals surface area contributed by atoms with Crippen LogP contribution >= 0.6 is 11.6 Å². The lowest BCUT2D eigenvalue weighted by atomic mass is 10.0. The van der Waals surface area contributed by atoms with Crippen molar-refractivity contribution in [2.75, 3.05) is 37.7 Å². The summed E-state index contributed by atoms with van der Waals surface area (Å²) in [4.78, 5) is 22.4. The first kappa shape index (κ1) is 21.4. The van der Waals surface area contributed by atoms with E-state index in [9.17, 15) is 17.0 Å². The van der Waals surface area contributed by atoms with Crippen LogP contribution in [0.2, 0.25) is 5.02 Å². The highest BCUT2D eigenvalue weighted by Crippen LogP contribution is 2.47. The second kappa shape index (κ2) is 8.99. The first-order valence-electron chi connectivity index (χ1n) is 12.8. The maximum Gasteiger partial charge on any atom is 0.246 e. The molecule has 2 saturated heterocycles. The fourth-order valence-electron chi connectivity index (χ4n) is 5.17. The largest absolute Gasteiger partial charge is 0.507 e. The summed E-state index contributed by atoms with van der Waals surface area (Å²) in [7, 11) is 0. The summed E-state index contributed by atoms with van der Waals surface area (Å²) in [5.41, 5.74) is -0.339. The van der Waals surface area contributed by atoms with Gasteiger partial charge < -0.3 is 19.6 Å². The van der Waals surface area contributed by atoms with Gasteiger partial charge in [-0.3, -0.25) is 9.69 Å². The van der Waals surface area contributed by atoms with Crippen molar-refractivity contribution in [3.63, 3.8) is 0 Å². The molecule has 0 spiro atoms. The van der Waals surface area contributed by atoms with E-state index in [0.717, 1.165) is 12.8 Å². The molecule has 2 aromatic rings. The molecule has 1 atom stereocenters. The molecule has 1 amide bonds. The van der Waals surface area contributed by atoms with Gasteiger partial charge in [-0.15, -0.1) is 0 Å². The van der Waals surface area contributed by atoms with Crippen LogP contribution in [0.5, 0.6) is 11.5 Å². The van der Waals surface area contributed by atoms with Gasteiger partial charge in [0.15, 0.2) is 0 Å². The molecule has 7 nitrogen and oxygen atoms in total. The zero-order valence-corrected chi connectivity index (χ0v) is 20.6. The van der Waals surface area contributed by atoms with Gasteiger partial charge in [0.05, 0.1) is 17.2 Å². The van der Waals surface area contributed by atoms with Crippen molar-refractivity contribution >= 4 is 23.3 Å². The predicted octanol–water partition coefficient (Wildman–Crippen LogP) is 4.22. The molecular formula is C26H30ClFN4O3. The number of anilines is 1. The molecule has 1 aromatic carbocycles. The van der Waals surface area contributed by atoms with Gasteiger partial charge in [-0.25, -0.2) is 9.37 Å². The van der Waals surface area contributed by atoms with Crippen LogP contribution in [-0.4, -0.2) is 70.2 Å². The number of carbonyl (C=O) groups excluding carboxylic acids is 1. The van der Waals surface area contributed by atoms with Crippen molar-refractivity contribution in [2.45, 2.75) is 44.8 Å². The van der Waals surface area contributed by atoms with Crippen molar-refractivity contribution in [1.29, 1.82) is 0 Å². The highest BCUT2D eigenvalue weighted by molar-refractivity contribution is 6.35. The Labute approximate surface area is 212 Å². The molecule has 186 valence electrons. The molecule has 9 heteroatoms. The Bertz CT molecular complexity index is 1250. The SMILES string of the molecule is [2H]C1([2H])c2c(N3CCCC3(C)C)nc(-c3c(O)cccc3F)c(Cl)c2OC[C@H]2CN(C(=O)C=C)CCN21. The topological polar surface area (TPSA) is 69.1 Å². The van der Waals surface area contributed by atoms with Gasteiger partial charge in [-0.1, -0.05) is 24.2 Å². The van der Waals surface area contributed by atoms with Crippen LogP contribution in [0, 0.1) is 5.82 Å². The van der Waals surface area contributed by atoms with E-state index in [1.807, 2.05) is 4.90 Å². The maximum atomic E-state index is 15.0. The highest BCUT2D eigenvalue weighted by Gasteiger charge is 2.40. The molecule has 3 aliphatic heterocycles. The number of phenolic OH excluding ortho intramolecular Hbond substituents is 1. The van der Waals surface area contributed by atoms with Crippen LogP contribution in [0.15, 0.2) is 30.9 Å². The lowest BCUT2D eigenvalue weighted by molar-refractivity contribution is -0.129. The molecule has 5 rings (SSSR count). The predicted molar refractivity (Wildman–Crippen MR) is 133 cm³/mol. The third-order valence-corrected chi connectivity index (χ3v) is 7.46. The average molecular weight is 503 g/mol. The summed E-state index contributed by atoms with van der Waals surface area (Å²) < 4.78 is 39.8. The van der Waals surface area contributed by atoms with Crippen molar-refractivity contribution in [3.05, 3.63) is 47.3 Å². The van der Waals surface area contributed by atoms with Crippen LogP contribution < -0.4 is 9.64 Å². The first-order valence-corrected chi connectivity index (χ1v) is 12.2. The zero-order chi connectivity index (χ0) is 26.7. The summed E-state index contributed by atoms with van der Waals surface area (Å²) in [5, 5.41) is 10.5. The number of halogens is 2. The molecule has 2 fully saturated rings. The number of benzene rings is 1. The smallest absolute Gasteiger partial charge is 0.246 e. The number of ether oxygens (including phenoxy) is 1. The van der Waals surface area contributed by atoms with E-state index in [0.29, 0.717) is 18.9 Å². The number of fused-ring (bicyclic) bond motifs is 2. The minimum absolute atomic E-state index is 0.00662. The fourth-order valence-corrected chi connectivity index (χ4v) is 5.46. The molecule has 1 aromatic heterocycles. The lowest BCUT2D eigenvalue weighted by Crippen LogP contribution is -2.55. The number of amides is 1. The fraction of sp³-hybridized carbons (Fsp3) is 0.462. The van der Waals surface area contributed by atoms with Crippen molar-refractivity contribution < 1.29 is 21.8 Å². The molecule has 0 saturated carbocycles. The van der Waals surface area contributed by atoms with Crippen LogP contribution in [0.25, 0.3) is 11.3 Å². The summed E-state index contributed by atoms with van der Waals surface area (Å²) in [6.07, 6.45) is 2.99. The highest BCUT2D eigenvalue weighted by atomic mass is 35.5. The average Bonchev–Trinajstić information content (AvgIpc) is 3.15. The van der Waals surface area contributed by atoms with Gasteiger partial charge in [-0.05, 0) is 44.9 Å². The summed E-state index contributed by atoms with van der Waals surface area (Å²) in [6, 6.07) is 3.50. The van der Waals surface area contributed by atoms with Gasteiger partial charge in [0.1, 0.15) is 40.5 Å². The van der Waals surface area contributed by atoms with E-state index >= 15 is 0 Å². The summed E-state index contributed by atoms with van der Waals surface area (Å²) >= 11 is 6.81. The Hall–Kier alpha value is -2.84. The Morgan fingerprint density at radius 2 is 2.20 bits per heavy atom. The molecule has 0 bridgehead atoms. The summed E-state index contributed by atoms with van der Waals surface area (Å²) in [6.45, 7) is 7.16. The lowest BCUT2D eigenvalue weighted by Gasteiger charge is -2.40. The monoisotopic (exact) mass is 502 g/mol. The molecule has 3 aliphatic rings. The number of nitrogens with zero attached hydrogens (tertiary/aromatic N) is 4. The number of aromatic nitrogens is 1. The molecule has 35 heavy (non-hydrogen) atoms. The van der Waals surface area contributed by atoms with Crippen molar-refractivity contribution in [3.8, 4) is 22.8 Å². The van der Waals surface area contributed by atoms with Gasteiger partial charge in [-0.2, -0.15) is 0 Å². The standard InChI is InChI=1S/C26H30ClFN4O3/c1-4-20(34)31-12-11-30-14-17-24(35-15-16(30)13-31)22(27)23(21-18(28)7-5-8-19(21)33)29-25(17)32-10-6-9-26(32,2)3/h4-5,7-8,16,33H,1,6,9-15H2,2-3H3/t16-/m1/s1/i14D2. The Morgan fingerprint density at radius 3 is 2.89 bits per heavy atom. The van der Waals surface area contributed by atoms with E-state index < -0.39 is 18.4 Å². The molecule has 0 unspecified atom stereocenters. The second-order valence-corrected chi connectivity index (χ2v) is 10.1. The third-order valence-electron chi connectivity index (χ3n) is 7.11. The second-order valence-electron chi connectivity index (χ2n) is 9.76. The van der Waals surface area contributed by atoms with E-state index in [1.165, 1.54) is 24.3 Å². The van der Waals surface area contributed by atoms with Crippen LogP contribution in [0.1, 0.15) is 35.0 Å². The van der Waals surface area contributed by atoms with Crippen LogP contribution in [0.3, 0.4) is 0 Å². The van der Waals surface area contributed by atoms with E-state index in [4.69, 9.17) is 21.3 Å². The number of carbonyl (C=O) groups is 1. The number of pyridine rings is 1. The Balaban J connectivity index is 1.73. The van der Waals surface area contributed by atoms with Crippen LogP contribution in [0.4, 0.5) is 10.2 Å². The number of hydrogen-bond acceptors (Lipinski definition) is 6. The van der Waals surface area contributed by atoms with Crippen molar-refractivity contribution in [1.82, 2.24) is 14.8 Å². The van der Waals surface area contributed by atoms with Gasteiger partial charge in [0, 0.05) is 41.0 Å². The van der Waals surface area contributed by atoms with E-state index in [-0.39, 0.29) is 64.5 Å². The molecule has 0 aliphatic carbocycles. The van der Waals surface area contributed by atoms with E-state index in [1.54, 1.807) is 9.80 Å². The zero-order valence-electron chi connectivity index (χ0n) is 21.9. The van der Waals surface area contributed by atoms with E-state index in [2.05, 4.69) is 20.4 Å². The molecule has 4 heterocycles. The minimum atomic E-state index is -2.06. The Kier molecular flexibility index (Phi) is 5.51. The normalized spacial score (nSPS) is 23.9. The first-order chi connectivity index (χ1) is 17.5. The molecular weight excluding hydrogens is 471 g/mol. The number of phenols is 1. The number of piperazine rings is 1. The number of rotatable bonds is 3. The maximum absolute atomic E-state index is 15.0. The Morgan fingerprint density at radius 1 is 1.40 bits per heavy atom. The molecule has 1 N–H and O–H groups in total. The minimum Gasteiger partial charge on any atom is -0.507 e.